The molecule has 0 aliphatic carbocycles. The molecule has 1 fully saturated rings. The van der Waals surface area contributed by atoms with Gasteiger partial charge in [0.2, 0.25) is 0 Å². The molecule has 1 saturated heterocycles. The maximum atomic E-state index is 3.31. The Hall–Kier alpha value is -0.510. The lowest BCUT2D eigenvalue weighted by atomic mass is 9.96. The Kier molecular flexibility index (Phi) is 4.46. The van der Waals surface area contributed by atoms with Crippen molar-refractivity contribution in [2.75, 3.05) is 33.2 Å². The lowest BCUT2D eigenvalue weighted by Gasteiger charge is -2.33. The highest BCUT2D eigenvalue weighted by Gasteiger charge is 2.26. The van der Waals surface area contributed by atoms with E-state index in [1.807, 2.05) is 0 Å². The normalized spacial score (nSPS) is 24.6. The largest absolute Gasteiger partial charge is 0.319 e. The molecule has 0 saturated carbocycles. The zero-order chi connectivity index (χ0) is 13.1. The van der Waals surface area contributed by atoms with Crippen LogP contribution < -0.4 is 5.32 Å². The van der Waals surface area contributed by atoms with E-state index in [2.05, 4.69) is 53.3 Å². The van der Waals surface area contributed by atoms with Crippen molar-refractivity contribution in [3.8, 4) is 0 Å². The van der Waals surface area contributed by atoms with Crippen molar-refractivity contribution in [3.05, 3.63) is 29.8 Å². The van der Waals surface area contributed by atoms with Gasteiger partial charge in [0, 0.05) is 16.7 Å². The van der Waals surface area contributed by atoms with Crippen molar-refractivity contribution in [3.63, 3.8) is 0 Å². The van der Waals surface area contributed by atoms with Gasteiger partial charge < -0.3 is 10.2 Å². The highest BCUT2D eigenvalue weighted by molar-refractivity contribution is 8.00. The third-order valence-corrected chi connectivity index (χ3v) is 5.68. The van der Waals surface area contributed by atoms with Crippen LogP contribution in [0, 0.1) is 5.92 Å². The molecule has 1 atom stereocenters. The number of hydrogen-bond donors (Lipinski definition) is 1. The number of piperidine rings is 1. The van der Waals surface area contributed by atoms with Gasteiger partial charge in [0.15, 0.2) is 0 Å². The summed E-state index contributed by atoms with van der Waals surface area (Å²) < 4.78 is 0. The predicted molar refractivity (Wildman–Crippen MR) is 82.9 cm³/mol. The smallest absolute Gasteiger partial charge is 0.0263 e. The van der Waals surface area contributed by atoms with Crippen LogP contribution in [-0.4, -0.2) is 43.4 Å². The highest BCUT2D eigenvalue weighted by atomic mass is 32.2. The number of likely N-dealkylation sites (tertiary alicyclic amines) is 1. The quantitative estimate of drug-likeness (QED) is 0.910. The van der Waals surface area contributed by atoms with Crippen molar-refractivity contribution < 1.29 is 0 Å². The lowest BCUT2D eigenvalue weighted by Crippen LogP contribution is -2.39. The van der Waals surface area contributed by atoms with Gasteiger partial charge in [0.1, 0.15) is 0 Å². The molecule has 1 aromatic carbocycles. The SMILES string of the molecule is CNCC1CCN(CC2Cc3ccccc3S2)CC1. The summed E-state index contributed by atoms with van der Waals surface area (Å²) >= 11 is 2.09. The van der Waals surface area contributed by atoms with Crippen LogP contribution in [0.5, 0.6) is 0 Å². The van der Waals surface area contributed by atoms with Crippen LogP contribution in [0.4, 0.5) is 0 Å². The highest BCUT2D eigenvalue weighted by Crippen LogP contribution is 2.37. The summed E-state index contributed by atoms with van der Waals surface area (Å²) in [5.74, 6) is 0.898. The number of nitrogens with zero attached hydrogens (tertiary/aromatic N) is 1. The van der Waals surface area contributed by atoms with Crippen molar-refractivity contribution in [1.29, 1.82) is 0 Å². The average Bonchev–Trinajstić information content (AvgIpc) is 2.83. The van der Waals surface area contributed by atoms with Crippen molar-refractivity contribution >= 4 is 11.8 Å². The van der Waals surface area contributed by atoms with Gasteiger partial charge in [-0.15, -0.1) is 11.8 Å². The van der Waals surface area contributed by atoms with Crippen LogP contribution in [0.3, 0.4) is 0 Å². The second kappa shape index (κ2) is 6.29. The zero-order valence-electron chi connectivity index (χ0n) is 11.8. The molecule has 3 rings (SSSR count). The first-order chi connectivity index (χ1) is 9.35. The summed E-state index contributed by atoms with van der Waals surface area (Å²) in [7, 11) is 2.07. The van der Waals surface area contributed by atoms with Crippen LogP contribution in [0.2, 0.25) is 0 Å². The number of benzene rings is 1. The Bertz CT molecular complexity index is 388. The van der Waals surface area contributed by atoms with Crippen molar-refractivity contribution in [2.45, 2.75) is 29.4 Å². The summed E-state index contributed by atoms with van der Waals surface area (Å²) in [6, 6.07) is 8.91. The maximum Gasteiger partial charge on any atom is 0.0263 e. The van der Waals surface area contributed by atoms with Crippen molar-refractivity contribution in [2.24, 2.45) is 5.92 Å². The van der Waals surface area contributed by atoms with Gasteiger partial charge in [0.25, 0.3) is 0 Å². The molecule has 1 aromatic rings. The number of thioether (sulfide) groups is 1. The summed E-state index contributed by atoms with van der Waals surface area (Å²) in [5, 5.41) is 4.09. The van der Waals surface area contributed by atoms with Gasteiger partial charge in [0.05, 0.1) is 0 Å². The number of fused-ring (bicyclic) bond motifs is 1. The van der Waals surface area contributed by atoms with Gasteiger partial charge in [-0.25, -0.2) is 0 Å². The summed E-state index contributed by atoms with van der Waals surface area (Å²) in [6.45, 7) is 5.04. The molecular weight excluding hydrogens is 252 g/mol. The molecule has 0 amide bonds. The molecule has 104 valence electrons. The minimum Gasteiger partial charge on any atom is -0.319 e. The third kappa shape index (κ3) is 3.33. The van der Waals surface area contributed by atoms with E-state index in [0.29, 0.717) is 0 Å². The Morgan fingerprint density at radius 1 is 1.26 bits per heavy atom. The van der Waals surface area contributed by atoms with E-state index in [1.165, 1.54) is 50.3 Å². The first kappa shape index (κ1) is 13.5. The molecule has 19 heavy (non-hydrogen) atoms. The monoisotopic (exact) mass is 276 g/mol. The number of hydrogen-bond acceptors (Lipinski definition) is 3. The zero-order valence-corrected chi connectivity index (χ0v) is 12.6. The van der Waals surface area contributed by atoms with E-state index in [9.17, 15) is 0 Å². The van der Waals surface area contributed by atoms with Gasteiger partial charge in [-0.05, 0) is 63.5 Å². The van der Waals surface area contributed by atoms with E-state index in [1.54, 1.807) is 5.56 Å². The van der Waals surface area contributed by atoms with Crippen LogP contribution in [0.1, 0.15) is 18.4 Å². The Morgan fingerprint density at radius 3 is 2.79 bits per heavy atom. The minimum absolute atomic E-state index is 0.776. The van der Waals surface area contributed by atoms with E-state index in [4.69, 9.17) is 0 Å². The first-order valence-electron chi connectivity index (χ1n) is 7.46. The molecule has 2 aliphatic heterocycles. The fourth-order valence-electron chi connectivity index (χ4n) is 3.31. The molecule has 0 bridgehead atoms. The molecule has 2 aliphatic rings. The summed E-state index contributed by atoms with van der Waals surface area (Å²) in [4.78, 5) is 4.19. The van der Waals surface area contributed by atoms with E-state index in [0.717, 1.165) is 11.2 Å². The van der Waals surface area contributed by atoms with E-state index >= 15 is 0 Å². The molecule has 1 unspecified atom stereocenters. The van der Waals surface area contributed by atoms with Crippen LogP contribution in [0.25, 0.3) is 0 Å². The van der Waals surface area contributed by atoms with E-state index in [-0.39, 0.29) is 0 Å². The summed E-state index contributed by atoms with van der Waals surface area (Å²) in [6.07, 6.45) is 3.99. The lowest BCUT2D eigenvalue weighted by molar-refractivity contribution is 0.184. The topological polar surface area (TPSA) is 15.3 Å². The number of nitrogens with one attached hydrogen (secondary N) is 1. The second-order valence-electron chi connectivity index (χ2n) is 5.85. The molecule has 3 heteroatoms. The Labute approximate surface area is 121 Å². The molecule has 2 heterocycles. The van der Waals surface area contributed by atoms with Gasteiger partial charge in [-0.2, -0.15) is 0 Å². The second-order valence-corrected chi connectivity index (χ2v) is 7.20. The third-order valence-electron chi connectivity index (χ3n) is 4.38. The average molecular weight is 276 g/mol. The Morgan fingerprint density at radius 2 is 2.05 bits per heavy atom. The predicted octanol–water partition coefficient (Wildman–Crippen LogP) is 2.63. The molecule has 0 aromatic heterocycles. The first-order valence-corrected chi connectivity index (χ1v) is 8.34. The molecule has 0 spiro atoms. The number of rotatable bonds is 4. The van der Waals surface area contributed by atoms with Gasteiger partial charge >= 0.3 is 0 Å². The van der Waals surface area contributed by atoms with Crippen LogP contribution >= 0.6 is 11.8 Å². The van der Waals surface area contributed by atoms with Crippen molar-refractivity contribution in [1.82, 2.24) is 10.2 Å². The molecule has 0 radical (unpaired) electrons. The standard InChI is InChI=1S/C16H24N2S/c1-17-11-13-6-8-18(9-7-13)12-15-10-14-4-2-3-5-16(14)19-15/h2-5,13,15,17H,6-12H2,1H3. The fraction of sp³-hybridized carbons (Fsp3) is 0.625. The van der Waals surface area contributed by atoms with Crippen LogP contribution in [-0.2, 0) is 6.42 Å². The fourth-order valence-corrected chi connectivity index (χ4v) is 4.67. The Balaban J connectivity index is 1.47. The molecule has 2 nitrogen and oxygen atoms in total. The van der Waals surface area contributed by atoms with Gasteiger partial charge in [-0.3, -0.25) is 0 Å². The van der Waals surface area contributed by atoms with Crippen LogP contribution in [0.15, 0.2) is 29.2 Å². The summed E-state index contributed by atoms with van der Waals surface area (Å²) in [5.41, 5.74) is 1.56. The minimum atomic E-state index is 0.776. The maximum absolute atomic E-state index is 3.31. The molecular formula is C16H24N2S. The van der Waals surface area contributed by atoms with Gasteiger partial charge in [-0.1, -0.05) is 18.2 Å². The van der Waals surface area contributed by atoms with E-state index < -0.39 is 0 Å². The molecule has 1 N–H and O–H groups in total.